The van der Waals surface area contributed by atoms with Gasteiger partial charge in [-0.25, -0.2) is 0 Å². The summed E-state index contributed by atoms with van der Waals surface area (Å²) in [6.07, 6.45) is -3.31. The highest BCUT2D eigenvalue weighted by Gasteiger charge is 2.33. The smallest absolute Gasteiger partial charge is 0.417 e. The molecule has 0 aliphatic heterocycles. The third-order valence-corrected chi connectivity index (χ3v) is 3.78. The number of nitrogens with one attached hydrogen (secondary N) is 1. The van der Waals surface area contributed by atoms with Gasteiger partial charge in [0, 0.05) is 11.3 Å². The molecule has 150 valence electrons. The number of nitrogens with zero attached hydrogens (tertiary/aromatic N) is 1. The Labute approximate surface area is 163 Å². The van der Waals surface area contributed by atoms with E-state index in [9.17, 15) is 18.0 Å². The van der Waals surface area contributed by atoms with E-state index in [1.165, 1.54) is 26.5 Å². The normalized spacial score (nSPS) is 11.4. The van der Waals surface area contributed by atoms with Crippen molar-refractivity contribution in [3.05, 3.63) is 52.5 Å². The summed E-state index contributed by atoms with van der Waals surface area (Å²) in [6.45, 7) is -0.507. The molecule has 6 nitrogen and oxygen atoms in total. The van der Waals surface area contributed by atoms with E-state index in [4.69, 9.17) is 25.9 Å². The average molecular weight is 417 g/mol. The summed E-state index contributed by atoms with van der Waals surface area (Å²) in [5, 5.41) is 5.48. The second-order valence-electron chi connectivity index (χ2n) is 5.36. The van der Waals surface area contributed by atoms with Gasteiger partial charge in [0.25, 0.3) is 5.91 Å². The summed E-state index contributed by atoms with van der Waals surface area (Å²) in [7, 11) is 2.99. The molecule has 0 saturated heterocycles. The highest BCUT2D eigenvalue weighted by molar-refractivity contribution is 6.31. The van der Waals surface area contributed by atoms with Crippen LogP contribution in [0, 0.1) is 0 Å². The quantitative estimate of drug-likeness (QED) is 0.537. The topological polar surface area (TPSA) is 69.1 Å². The van der Waals surface area contributed by atoms with Gasteiger partial charge in [0.1, 0.15) is 11.5 Å². The minimum absolute atomic E-state index is 0.0660. The van der Waals surface area contributed by atoms with Gasteiger partial charge < -0.3 is 19.6 Å². The summed E-state index contributed by atoms with van der Waals surface area (Å²) < 4.78 is 48.8. The molecule has 0 saturated carbocycles. The van der Waals surface area contributed by atoms with E-state index in [0.29, 0.717) is 17.1 Å². The molecule has 0 aliphatic carbocycles. The van der Waals surface area contributed by atoms with Gasteiger partial charge in [0.05, 0.1) is 31.0 Å². The zero-order valence-corrected chi connectivity index (χ0v) is 15.6. The summed E-state index contributed by atoms with van der Waals surface area (Å²) in [5.74, 6) is 0.395. The molecule has 2 aromatic rings. The van der Waals surface area contributed by atoms with E-state index in [1.54, 1.807) is 18.2 Å². The maximum absolute atomic E-state index is 12.8. The van der Waals surface area contributed by atoms with Crippen molar-refractivity contribution in [2.75, 3.05) is 26.1 Å². The zero-order valence-electron chi connectivity index (χ0n) is 14.8. The molecule has 2 aromatic carbocycles. The highest BCUT2D eigenvalue weighted by atomic mass is 35.5. The largest absolute Gasteiger partial charge is 0.497 e. The number of rotatable bonds is 7. The number of carbonyl (C=O) groups is 1. The van der Waals surface area contributed by atoms with E-state index >= 15 is 0 Å². The Morgan fingerprint density at radius 2 is 1.93 bits per heavy atom. The first-order valence-corrected chi connectivity index (χ1v) is 8.16. The Hall–Kier alpha value is -2.94. The molecule has 0 heterocycles. The van der Waals surface area contributed by atoms with E-state index in [2.05, 4.69) is 10.5 Å². The zero-order chi connectivity index (χ0) is 20.7. The lowest BCUT2D eigenvalue weighted by molar-refractivity contribution is -0.137. The Balaban J connectivity index is 1.96. The Bertz CT molecular complexity index is 872. The maximum Gasteiger partial charge on any atom is 0.417 e. The van der Waals surface area contributed by atoms with Crippen LogP contribution in [0.5, 0.6) is 11.5 Å². The standard InChI is InChI=1S/C18H16ClF3N2O4/c1-26-13-4-6-16(27-2)11(7-13)9-23-28-10-17(25)24-12-3-5-15(19)14(8-12)18(20,21)22/h3-9H,10H2,1-2H3,(H,24,25)/b23-9+. The summed E-state index contributed by atoms with van der Waals surface area (Å²) >= 11 is 5.53. The van der Waals surface area contributed by atoms with Crippen LogP contribution < -0.4 is 14.8 Å². The van der Waals surface area contributed by atoms with Gasteiger partial charge in [-0.3, -0.25) is 4.79 Å². The van der Waals surface area contributed by atoms with Gasteiger partial charge in [-0.15, -0.1) is 0 Å². The first-order chi connectivity index (χ1) is 13.2. The molecule has 0 bridgehead atoms. The number of benzene rings is 2. The van der Waals surface area contributed by atoms with Gasteiger partial charge in [0.15, 0.2) is 6.61 Å². The van der Waals surface area contributed by atoms with Crippen LogP contribution in [0.1, 0.15) is 11.1 Å². The van der Waals surface area contributed by atoms with Crippen molar-refractivity contribution in [3.8, 4) is 11.5 Å². The van der Waals surface area contributed by atoms with Gasteiger partial charge in [-0.05, 0) is 36.4 Å². The Kier molecular flexibility index (Phi) is 7.11. The summed E-state index contributed by atoms with van der Waals surface area (Å²) in [5.41, 5.74) is -0.561. The lowest BCUT2D eigenvalue weighted by Gasteiger charge is -2.11. The number of amides is 1. The maximum atomic E-state index is 12.8. The minimum Gasteiger partial charge on any atom is -0.497 e. The molecular weight excluding hydrogens is 401 g/mol. The van der Waals surface area contributed by atoms with Crippen molar-refractivity contribution in [1.29, 1.82) is 0 Å². The van der Waals surface area contributed by atoms with E-state index in [-0.39, 0.29) is 5.69 Å². The van der Waals surface area contributed by atoms with Crippen molar-refractivity contribution in [3.63, 3.8) is 0 Å². The fourth-order valence-electron chi connectivity index (χ4n) is 2.15. The summed E-state index contributed by atoms with van der Waals surface area (Å²) in [4.78, 5) is 16.7. The molecule has 0 fully saturated rings. The van der Waals surface area contributed by atoms with Gasteiger partial charge in [-0.1, -0.05) is 16.8 Å². The second kappa shape index (κ2) is 9.32. The van der Waals surface area contributed by atoms with Crippen LogP contribution in [0.4, 0.5) is 18.9 Å². The predicted octanol–water partition coefficient (Wildman–Crippen LogP) is 4.37. The molecule has 28 heavy (non-hydrogen) atoms. The Morgan fingerprint density at radius 3 is 2.57 bits per heavy atom. The van der Waals surface area contributed by atoms with Crippen molar-refractivity contribution in [2.24, 2.45) is 5.16 Å². The number of carbonyl (C=O) groups excluding carboxylic acids is 1. The van der Waals surface area contributed by atoms with E-state index in [0.717, 1.165) is 12.1 Å². The monoisotopic (exact) mass is 416 g/mol. The third-order valence-electron chi connectivity index (χ3n) is 3.45. The number of halogens is 4. The lowest BCUT2D eigenvalue weighted by atomic mass is 10.2. The second-order valence-corrected chi connectivity index (χ2v) is 5.76. The SMILES string of the molecule is COc1ccc(OC)c(/C=N/OCC(=O)Nc2ccc(Cl)c(C(F)(F)F)c2)c1. The number of hydrogen-bond acceptors (Lipinski definition) is 5. The molecule has 0 radical (unpaired) electrons. The third kappa shape index (κ3) is 5.78. The number of hydrogen-bond donors (Lipinski definition) is 1. The van der Waals surface area contributed by atoms with Crippen LogP contribution in [0.2, 0.25) is 5.02 Å². The summed E-state index contributed by atoms with van der Waals surface area (Å²) in [6, 6.07) is 8.06. The Morgan fingerprint density at radius 1 is 1.18 bits per heavy atom. The van der Waals surface area contributed by atoms with Gasteiger partial charge in [-0.2, -0.15) is 13.2 Å². The lowest BCUT2D eigenvalue weighted by Crippen LogP contribution is -2.17. The first kappa shape index (κ1) is 21.4. The van der Waals surface area contributed by atoms with Crippen LogP contribution in [-0.4, -0.2) is 32.9 Å². The van der Waals surface area contributed by atoms with Crippen LogP contribution in [0.3, 0.4) is 0 Å². The molecule has 0 aromatic heterocycles. The van der Waals surface area contributed by atoms with Crippen molar-refractivity contribution >= 4 is 29.4 Å². The number of oxime groups is 1. The van der Waals surface area contributed by atoms with E-state index in [1.807, 2.05) is 0 Å². The van der Waals surface area contributed by atoms with Crippen LogP contribution in [0.25, 0.3) is 0 Å². The number of methoxy groups -OCH3 is 2. The van der Waals surface area contributed by atoms with Crippen molar-refractivity contribution in [2.45, 2.75) is 6.18 Å². The van der Waals surface area contributed by atoms with Crippen LogP contribution in [-0.2, 0) is 15.8 Å². The fourth-order valence-corrected chi connectivity index (χ4v) is 2.37. The molecule has 1 N–H and O–H groups in total. The molecule has 2 rings (SSSR count). The number of alkyl halides is 3. The predicted molar refractivity (Wildman–Crippen MR) is 98.2 cm³/mol. The highest BCUT2D eigenvalue weighted by Crippen LogP contribution is 2.36. The molecule has 0 unspecified atom stereocenters. The van der Waals surface area contributed by atoms with Crippen LogP contribution in [0.15, 0.2) is 41.6 Å². The molecule has 0 spiro atoms. The van der Waals surface area contributed by atoms with Gasteiger partial charge in [0.2, 0.25) is 0 Å². The number of anilines is 1. The first-order valence-electron chi connectivity index (χ1n) is 7.78. The molecule has 0 atom stereocenters. The average Bonchev–Trinajstić information content (AvgIpc) is 2.65. The fraction of sp³-hybridized carbons (Fsp3) is 0.222. The van der Waals surface area contributed by atoms with Crippen molar-refractivity contribution < 1.29 is 32.3 Å². The van der Waals surface area contributed by atoms with Gasteiger partial charge >= 0.3 is 6.18 Å². The number of ether oxygens (including phenoxy) is 2. The molecule has 1 amide bonds. The van der Waals surface area contributed by atoms with Crippen LogP contribution >= 0.6 is 11.6 Å². The van der Waals surface area contributed by atoms with Crippen molar-refractivity contribution in [1.82, 2.24) is 0 Å². The minimum atomic E-state index is -4.63. The van der Waals surface area contributed by atoms with E-state index < -0.39 is 29.3 Å². The molecule has 0 aliphatic rings. The molecule has 10 heteroatoms. The molecular formula is C18H16ClF3N2O4.